The van der Waals surface area contributed by atoms with Crippen LogP contribution in [0.1, 0.15) is 6.92 Å². The molecule has 0 fully saturated rings. The molecule has 0 spiro atoms. The van der Waals surface area contributed by atoms with E-state index in [-0.39, 0.29) is 0 Å². The van der Waals surface area contributed by atoms with Gasteiger partial charge in [0.25, 0.3) is 0 Å². The summed E-state index contributed by atoms with van der Waals surface area (Å²) in [6.07, 6.45) is 0. The molecule has 0 aliphatic carbocycles. The lowest BCUT2D eigenvalue weighted by Gasteiger charge is -2.04. The molecule has 0 aromatic carbocycles. The van der Waals surface area contributed by atoms with Gasteiger partial charge in [0.1, 0.15) is 0 Å². The third-order valence-corrected chi connectivity index (χ3v) is 1.22. The van der Waals surface area contributed by atoms with Crippen LogP contribution < -0.4 is 5.32 Å². The third-order valence-electron chi connectivity index (χ3n) is 1.22. The van der Waals surface area contributed by atoms with Gasteiger partial charge in [-0.05, 0) is 14.0 Å². The molecule has 3 nitrogen and oxygen atoms in total. The van der Waals surface area contributed by atoms with Crippen LogP contribution in [0.2, 0.25) is 0 Å². The molecule has 12 heavy (non-hydrogen) atoms. The van der Waals surface area contributed by atoms with Crippen molar-refractivity contribution in [3.63, 3.8) is 0 Å². The largest absolute Gasteiger partial charge is 0.378 e. The normalized spacial score (nSPS) is 10.2. The molecule has 0 unspecified atom stereocenters. The summed E-state index contributed by atoms with van der Waals surface area (Å²) in [6, 6.07) is 0. The summed E-state index contributed by atoms with van der Waals surface area (Å²) in [5.74, 6) is 0. The summed E-state index contributed by atoms with van der Waals surface area (Å²) < 4.78 is 10.5. The first-order chi connectivity index (χ1) is 5.77. The van der Waals surface area contributed by atoms with Gasteiger partial charge in [0.15, 0.2) is 0 Å². The quantitative estimate of drug-likeness (QED) is 0.435. The SMILES string of the molecule is C=C(C)COCCOCCNC. The summed E-state index contributed by atoms with van der Waals surface area (Å²) in [5, 5.41) is 3.00. The van der Waals surface area contributed by atoms with Gasteiger partial charge in [-0.15, -0.1) is 0 Å². The van der Waals surface area contributed by atoms with Crippen LogP contribution in [0.15, 0.2) is 12.2 Å². The molecule has 0 radical (unpaired) electrons. The fraction of sp³-hybridized carbons (Fsp3) is 0.778. The Hall–Kier alpha value is -0.380. The lowest BCUT2D eigenvalue weighted by Crippen LogP contribution is -2.16. The Morgan fingerprint density at radius 1 is 1.25 bits per heavy atom. The van der Waals surface area contributed by atoms with Gasteiger partial charge in [0.05, 0.1) is 26.4 Å². The van der Waals surface area contributed by atoms with Crippen molar-refractivity contribution in [1.29, 1.82) is 0 Å². The highest BCUT2D eigenvalue weighted by Crippen LogP contribution is 1.87. The molecule has 1 N–H and O–H groups in total. The first kappa shape index (κ1) is 11.6. The topological polar surface area (TPSA) is 30.5 Å². The van der Waals surface area contributed by atoms with Gasteiger partial charge < -0.3 is 14.8 Å². The Morgan fingerprint density at radius 2 is 1.92 bits per heavy atom. The van der Waals surface area contributed by atoms with Crippen molar-refractivity contribution in [3.8, 4) is 0 Å². The van der Waals surface area contributed by atoms with Crippen LogP contribution in [0.3, 0.4) is 0 Å². The molecular weight excluding hydrogens is 154 g/mol. The van der Waals surface area contributed by atoms with Gasteiger partial charge in [0, 0.05) is 6.54 Å². The van der Waals surface area contributed by atoms with Crippen molar-refractivity contribution in [1.82, 2.24) is 5.32 Å². The Kier molecular flexibility index (Phi) is 8.44. The first-order valence-corrected chi connectivity index (χ1v) is 4.22. The maximum Gasteiger partial charge on any atom is 0.0704 e. The molecule has 0 saturated heterocycles. The summed E-state index contributed by atoms with van der Waals surface area (Å²) in [6.45, 7) is 9.25. The minimum absolute atomic E-state index is 0.634. The standard InChI is InChI=1S/C9H19NO2/c1-9(2)8-12-7-6-11-5-4-10-3/h10H,1,4-8H2,2-3H3. The third kappa shape index (κ3) is 9.62. The van der Waals surface area contributed by atoms with Gasteiger partial charge in [-0.25, -0.2) is 0 Å². The fourth-order valence-corrected chi connectivity index (χ4v) is 0.641. The number of ether oxygens (including phenoxy) is 2. The average Bonchev–Trinajstić information content (AvgIpc) is 2.02. The van der Waals surface area contributed by atoms with Crippen LogP contribution in [-0.2, 0) is 9.47 Å². The highest BCUT2D eigenvalue weighted by Gasteiger charge is 1.89. The van der Waals surface area contributed by atoms with E-state index >= 15 is 0 Å². The second-order valence-corrected chi connectivity index (χ2v) is 2.73. The Bertz CT molecular complexity index is 115. The van der Waals surface area contributed by atoms with E-state index in [0.717, 1.165) is 18.7 Å². The summed E-state index contributed by atoms with van der Waals surface area (Å²) in [7, 11) is 1.90. The van der Waals surface area contributed by atoms with Crippen molar-refractivity contribution in [2.75, 3.05) is 40.0 Å². The number of hydrogen-bond acceptors (Lipinski definition) is 3. The first-order valence-electron chi connectivity index (χ1n) is 4.22. The van der Waals surface area contributed by atoms with Crippen molar-refractivity contribution in [2.24, 2.45) is 0 Å². The number of hydrogen-bond donors (Lipinski definition) is 1. The van der Waals surface area contributed by atoms with E-state index in [9.17, 15) is 0 Å². The summed E-state index contributed by atoms with van der Waals surface area (Å²) in [5.41, 5.74) is 1.05. The molecule has 0 saturated carbocycles. The van der Waals surface area contributed by atoms with Crippen molar-refractivity contribution in [2.45, 2.75) is 6.92 Å². The highest BCUT2D eigenvalue weighted by atomic mass is 16.5. The monoisotopic (exact) mass is 173 g/mol. The second kappa shape index (κ2) is 8.71. The molecule has 0 heterocycles. The lowest BCUT2D eigenvalue weighted by molar-refractivity contribution is 0.0580. The van der Waals surface area contributed by atoms with Crippen LogP contribution in [0, 0.1) is 0 Å². The maximum atomic E-state index is 5.24. The Balaban J connectivity index is 2.86. The van der Waals surface area contributed by atoms with E-state index < -0.39 is 0 Å². The Labute approximate surface area is 74.7 Å². The minimum Gasteiger partial charge on any atom is -0.378 e. The molecule has 0 aromatic heterocycles. The van der Waals surface area contributed by atoms with E-state index in [1.165, 1.54) is 0 Å². The fourth-order valence-electron chi connectivity index (χ4n) is 0.641. The number of likely N-dealkylation sites (N-methyl/N-ethyl adjacent to an activating group) is 1. The molecule has 0 atom stereocenters. The molecule has 0 rings (SSSR count). The molecule has 0 aromatic rings. The van der Waals surface area contributed by atoms with Crippen LogP contribution >= 0.6 is 0 Å². The lowest BCUT2D eigenvalue weighted by atomic mass is 10.4. The molecular formula is C9H19NO2. The maximum absolute atomic E-state index is 5.24. The van der Waals surface area contributed by atoms with E-state index in [4.69, 9.17) is 9.47 Å². The Morgan fingerprint density at radius 3 is 2.50 bits per heavy atom. The van der Waals surface area contributed by atoms with E-state index in [1.54, 1.807) is 0 Å². The van der Waals surface area contributed by atoms with E-state index in [2.05, 4.69) is 11.9 Å². The molecule has 0 bridgehead atoms. The van der Waals surface area contributed by atoms with Gasteiger partial charge in [-0.2, -0.15) is 0 Å². The highest BCUT2D eigenvalue weighted by molar-refractivity contribution is 4.87. The van der Waals surface area contributed by atoms with Crippen molar-refractivity contribution < 1.29 is 9.47 Å². The summed E-state index contributed by atoms with van der Waals surface area (Å²) >= 11 is 0. The van der Waals surface area contributed by atoms with Gasteiger partial charge in [-0.1, -0.05) is 12.2 Å². The van der Waals surface area contributed by atoms with Gasteiger partial charge in [-0.3, -0.25) is 0 Å². The second-order valence-electron chi connectivity index (χ2n) is 2.73. The van der Waals surface area contributed by atoms with Gasteiger partial charge in [0.2, 0.25) is 0 Å². The predicted octanol–water partition coefficient (Wildman–Crippen LogP) is 0.815. The minimum atomic E-state index is 0.634. The van der Waals surface area contributed by atoms with Crippen LogP contribution in [0.25, 0.3) is 0 Å². The molecule has 72 valence electrons. The zero-order chi connectivity index (χ0) is 9.23. The molecule has 0 amide bonds. The number of nitrogens with one attached hydrogen (secondary N) is 1. The van der Waals surface area contributed by atoms with Crippen LogP contribution in [-0.4, -0.2) is 40.0 Å². The molecule has 0 aliphatic rings. The summed E-state index contributed by atoms with van der Waals surface area (Å²) in [4.78, 5) is 0. The van der Waals surface area contributed by atoms with Crippen molar-refractivity contribution in [3.05, 3.63) is 12.2 Å². The smallest absolute Gasteiger partial charge is 0.0704 e. The zero-order valence-electron chi connectivity index (χ0n) is 8.06. The van der Waals surface area contributed by atoms with E-state index in [1.807, 2.05) is 14.0 Å². The average molecular weight is 173 g/mol. The van der Waals surface area contributed by atoms with Crippen LogP contribution in [0.4, 0.5) is 0 Å². The number of rotatable bonds is 8. The predicted molar refractivity (Wildman–Crippen MR) is 50.4 cm³/mol. The van der Waals surface area contributed by atoms with E-state index in [0.29, 0.717) is 19.8 Å². The molecule has 0 aliphatic heterocycles. The zero-order valence-corrected chi connectivity index (χ0v) is 8.06. The van der Waals surface area contributed by atoms with Gasteiger partial charge >= 0.3 is 0 Å². The van der Waals surface area contributed by atoms with Crippen LogP contribution in [0.5, 0.6) is 0 Å². The van der Waals surface area contributed by atoms with Crippen molar-refractivity contribution >= 4 is 0 Å². The molecule has 3 heteroatoms.